The molecule has 0 unspecified atom stereocenters. The van der Waals surface area contributed by atoms with Crippen LogP contribution in [-0.4, -0.2) is 9.38 Å². The fraction of sp³-hybridized carbons (Fsp3) is 0. The van der Waals surface area contributed by atoms with Crippen molar-refractivity contribution in [2.24, 2.45) is 0 Å². The summed E-state index contributed by atoms with van der Waals surface area (Å²) < 4.78 is 2.99. The van der Waals surface area contributed by atoms with E-state index in [4.69, 9.17) is 0 Å². The number of aromatic nitrogens is 2. The van der Waals surface area contributed by atoms with Crippen LogP contribution in [0.5, 0.6) is 0 Å². The SMILES string of the molecule is O=c1ccn2c(cc3ccc(Br)cc32)[nH]1. The van der Waals surface area contributed by atoms with Gasteiger partial charge in [-0.25, -0.2) is 0 Å². The first-order chi connectivity index (χ1) is 7.24. The molecule has 2 heterocycles. The Kier molecular flexibility index (Phi) is 1.73. The number of aromatic amines is 1. The van der Waals surface area contributed by atoms with Gasteiger partial charge < -0.3 is 9.38 Å². The van der Waals surface area contributed by atoms with Crippen LogP contribution in [0.15, 0.2) is 45.8 Å². The van der Waals surface area contributed by atoms with Crippen molar-refractivity contribution in [1.82, 2.24) is 9.38 Å². The molecule has 0 amide bonds. The largest absolute Gasteiger partial charge is 0.308 e. The van der Waals surface area contributed by atoms with Gasteiger partial charge in [0.2, 0.25) is 0 Å². The van der Waals surface area contributed by atoms with Crippen molar-refractivity contribution in [3.8, 4) is 0 Å². The molecule has 0 aliphatic rings. The number of rotatable bonds is 0. The van der Waals surface area contributed by atoms with Crippen LogP contribution in [-0.2, 0) is 0 Å². The predicted octanol–water partition coefficient (Wildman–Crippen LogP) is 2.54. The van der Waals surface area contributed by atoms with Crippen LogP contribution in [0.3, 0.4) is 0 Å². The van der Waals surface area contributed by atoms with Crippen molar-refractivity contribution in [3.63, 3.8) is 0 Å². The fourth-order valence-electron chi connectivity index (χ4n) is 1.76. The van der Waals surface area contributed by atoms with Crippen molar-refractivity contribution in [2.45, 2.75) is 0 Å². The predicted molar refractivity (Wildman–Crippen MR) is 63.2 cm³/mol. The summed E-state index contributed by atoms with van der Waals surface area (Å²) in [5, 5.41) is 1.11. The van der Waals surface area contributed by atoms with Gasteiger partial charge in [-0.15, -0.1) is 0 Å². The van der Waals surface area contributed by atoms with Gasteiger partial charge in [0.25, 0.3) is 5.56 Å². The highest BCUT2D eigenvalue weighted by Gasteiger charge is 2.02. The van der Waals surface area contributed by atoms with E-state index in [1.165, 1.54) is 6.07 Å². The number of H-pyrrole nitrogens is 1. The number of halogens is 1. The zero-order chi connectivity index (χ0) is 10.4. The number of fused-ring (bicyclic) bond motifs is 3. The van der Waals surface area contributed by atoms with Crippen molar-refractivity contribution in [2.75, 3.05) is 0 Å². The summed E-state index contributed by atoms with van der Waals surface area (Å²) in [6, 6.07) is 9.52. The first-order valence-electron chi connectivity index (χ1n) is 4.54. The third-order valence-electron chi connectivity index (χ3n) is 2.43. The first kappa shape index (κ1) is 8.73. The minimum absolute atomic E-state index is 0.0793. The first-order valence-corrected chi connectivity index (χ1v) is 5.33. The maximum Gasteiger partial charge on any atom is 0.250 e. The molecule has 74 valence electrons. The van der Waals surface area contributed by atoms with E-state index in [0.717, 1.165) is 21.0 Å². The second-order valence-corrected chi connectivity index (χ2v) is 4.32. The molecule has 3 nitrogen and oxygen atoms in total. The number of hydrogen-bond acceptors (Lipinski definition) is 1. The molecule has 1 aromatic carbocycles. The van der Waals surface area contributed by atoms with E-state index in [1.54, 1.807) is 6.20 Å². The van der Waals surface area contributed by atoms with E-state index in [0.29, 0.717) is 0 Å². The summed E-state index contributed by atoms with van der Waals surface area (Å²) in [6.07, 6.45) is 1.78. The standard InChI is InChI=1S/C11H7BrN2O/c12-8-2-1-7-5-10-13-11(15)3-4-14(10)9(7)6-8/h1-6H,(H,13,15). The van der Waals surface area contributed by atoms with Gasteiger partial charge in [0.15, 0.2) is 0 Å². The van der Waals surface area contributed by atoms with Gasteiger partial charge in [-0.3, -0.25) is 4.79 Å². The van der Waals surface area contributed by atoms with Crippen molar-refractivity contribution < 1.29 is 0 Å². The second kappa shape index (κ2) is 2.97. The van der Waals surface area contributed by atoms with Crippen LogP contribution in [0.1, 0.15) is 0 Å². The van der Waals surface area contributed by atoms with Crippen LogP contribution in [0.4, 0.5) is 0 Å². The zero-order valence-electron chi connectivity index (χ0n) is 7.70. The Labute approximate surface area is 93.5 Å². The number of benzene rings is 1. The van der Waals surface area contributed by atoms with Crippen LogP contribution >= 0.6 is 15.9 Å². The number of nitrogens with zero attached hydrogens (tertiary/aromatic N) is 1. The van der Waals surface area contributed by atoms with E-state index < -0.39 is 0 Å². The summed E-state index contributed by atoms with van der Waals surface area (Å²) in [5.41, 5.74) is 1.82. The van der Waals surface area contributed by atoms with Crippen LogP contribution in [0, 0.1) is 0 Å². The van der Waals surface area contributed by atoms with Crippen LogP contribution in [0.2, 0.25) is 0 Å². The van der Waals surface area contributed by atoms with Crippen molar-refractivity contribution in [3.05, 3.63) is 51.4 Å². The molecule has 0 aliphatic heterocycles. The average molecular weight is 263 g/mol. The molecule has 2 aromatic heterocycles. The van der Waals surface area contributed by atoms with Gasteiger partial charge in [0.05, 0.1) is 5.52 Å². The lowest BCUT2D eigenvalue weighted by Gasteiger charge is -1.96. The Morgan fingerprint density at radius 2 is 2.07 bits per heavy atom. The molecule has 0 fully saturated rings. The second-order valence-electron chi connectivity index (χ2n) is 3.41. The minimum Gasteiger partial charge on any atom is -0.308 e. The summed E-state index contributed by atoms with van der Waals surface area (Å²) in [4.78, 5) is 13.9. The average Bonchev–Trinajstić information content (AvgIpc) is 2.54. The van der Waals surface area contributed by atoms with Gasteiger partial charge in [-0.2, -0.15) is 0 Å². The zero-order valence-corrected chi connectivity index (χ0v) is 9.28. The van der Waals surface area contributed by atoms with Gasteiger partial charge >= 0.3 is 0 Å². The third-order valence-corrected chi connectivity index (χ3v) is 2.92. The van der Waals surface area contributed by atoms with E-state index in [9.17, 15) is 4.79 Å². The van der Waals surface area contributed by atoms with Crippen molar-refractivity contribution in [1.29, 1.82) is 0 Å². The monoisotopic (exact) mass is 262 g/mol. The molecule has 0 atom stereocenters. The smallest absolute Gasteiger partial charge is 0.250 e. The van der Waals surface area contributed by atoms with Crippen LogP contribution < -0.4 is 5.56 Å². The Balaban J connectivity index is 2.58. The number of hydrogen-bond donors (Lipinski definition) is 1. The quantitative estimate of drug-likeness (QED) is 0.665. The van der Waals surface area contributed by atoms with E-state index in [1.807, 2.05) is 28.7 Å². The lowest BCUT2D eigenvalue weighted by atomic mass is 10.2. The Hall–Kier alpha value is -1.55. The topological polar surface area (TPSA) is 37.3 Å². The molecule has 3 aromatic rings. The maximum atomic E-state index is 11.1. The molecule has 0 saturated heterocycles. The summed E-state index contributed by atoms with van der Waals surface area (Å²) in [7, 11) is 0. The highest BCUT2D eigenvalue weighted by molar-refractivity contribution is 9.10. The molecular weight excluding hydrogens is 256 g/mol. The third kappa shape index (κ3) is 1.29. The maximum absolute atomic E-state index is 11.1. The lowest BCUT2D eigenvalue weighted by Crippen LogP contribution is -2.04. The van der Waals surface area contributed by atoms with E-state index >= 15 is 0 Å². The summed E-state index contributed by atoms with van der Waals surface area (Å²) in [5.74, 6) is 0. The van der Waals surface area contributed by atoms with Crippen molar-refractivity contribution >= 4 is 32.5 Å². The number of nitrogens with one attached hydrogen (secondary N) is 1. The van der Waals surface area contributed by atoms with Gasteiger partial charge in [-0.1, -0.05) is 22.0 Å². The highest BCUT2D eigenvalue weighted by atomic mass is 79.9. The molecule has 4 heteroatoms. The Bertz CT molecular complexity index is 711. The molecule has 0 saturated carbocycles. The summed E-state index contributed by atoms with van der Waals surface area (Å²) in [6.45, 7) is 0. The van der Waals surface area contributed by atoms with Gasteiger partial charge in [-0.05, 0) is 18.2 Å². The van der Waals surface area contributed by atoms with Crippen LogP contribution in [0.25, 0.3) is 16.6 Å². The highest BCUT2D eigenvalue weighted by Crippen LogP contribution is 2.22. The van der Waals surface area contributed by atoms with E-state index in [2.05, 4.69) is 20.9 Å². The Morgan fingerprint density at radius 3 is 2.93 bits per heavy atom. The van der Waals surface area contributed by atoms with Gasteiger partial charge in [0.1, 0.15) is 5.65 Å². The molecule has 0 spiro atoms. The molecule has 3 rings (SSSR count). The van der Waals surface area contributed by atoms with E-state index in [-0.39, 0.29) is 5.56 Å². The molecular formula is C11H7BrN2O. The molecule has 0 aliphatic carbocycles. The minimum atomic E-state index is -0.0793. The Morgan fingerprint density at radius 1 is 1.20 bits per heavy atom. The molecule has 0 radical (unpaired) electrons. The summed E-state index contributed by atoms with van der Waals surface area (Å²) >= 11 is 3.43. The normalized spacial score (nSPS) is 11.3. The van der Waals surface area contributed by atoms with Gasteiger partial charge in [0, 0.05) is 22.1 Å². The molecule has 0 bridgehead atoms. The molecule has 15 heavy (non-hydrogen) atoms. The molecule has 1 N–H and O–H groups in total. The fourth-order valence-corrected chi connectivity index (χ4v) is 2.11. The lowest BCUT2D eigenvalue weighted by molar-refractivity contribution is 1.13.